The monoisotopic (exact) mass is 378 g/mol. The molecule has 28 heavy (non-hydrogen) atoms. The van der Waals surface area contributed by atoms with Crippen LogP contribution in [0.5, 0.6) is 0 Å². The molecule has 146 valence electrons. The van der Waals surface area contributed by atoms with Gasteiger partial charge in [0.25, 0.3) is 0 Å². The van der Waals surface area contributed by atoms with E-state index in [0.29, 0.717) is 12.2 Å². The maximum absolute atomic E-state index is 12.4. The summed E-state index contributed by atoms with van der Waals surface area (Å²) in [5.74, 6) is -0.395. The van der Waals surface area contributed by atoms with Crippen molar-refractivity contribution in [1.29, 1.82) is 0 Å². The molecule has 0 N–H and O–H groups in total. The number of hydrogen-bond acceptors (Lipinski definition) is 4. The van der Waals surface area contributed by atoms with Gasteiger partial charge < -0.3 is 14.2 Å². The molecule has 4 rings (SSSR count). The first-order valence-corrected chi connectivity index (χ1v) is 9.77. The van der Waals surface area contributed by atoms with E-state index in [4.69, 9.17) is 14.2 Å². The number of benzene rings is 2. The van der Waals surface area contributed by atoms with Crippen LogP contribution in [0.2, 0.25) is 0 Å². The molecule has 2 aromatic rings. The van der Waals surface area contributed by atoms with Crippen LogP contribution in [-0.2, 0) is 31.8 Å². The van der Waals surface area contributed by atoms with Gasteiger partial charge in [0.05, 0.1) is 12.7 Å². The lowest BCUT2D eigenvalue weighted by Gasteiger charge is -2.45. The summed E-state index contributed by atoms with van der Waals surface area (Å²) in [5.41, 5.74) is 2.51. The van der Waals surface area contributed by atoms with E-state index in [2.05, 4.69) is 30.8 Å². The predicted molar refractivity (Wildman–Crippen MR) is 107 cm³/mol. The van der Waals surface area contributed by atoms with Gasteiger partial charge in [-0.05, 0) is 37.3 Å². The molecule has 3 atom stereocenters. The Labute approximate surface area is 166 Å². The Hall–Kier alpha value is -2.43. The number of rotatable bonds is 6. The van der Waals surface area contributed by atoms with E-state index in [1.807, 2.05) is 36.4 Å². The van der Waals surface area contributed by atoms with Crippen LogP contribution in [0, 0.1) is 5.41 Å². The zero-order chi connectivity index (χ0) is 19.6. The second-order valence-electron chi connectivity index (χ2n) is 7.96. The van der Waals surface area contributed by atoms with Crippen molar-refractivity contribution in [3.8, 4) is 0 Å². The van der Waals surface area contributed by atoms with E-state index in [0.717, 1.165) is 19.3 Å². The summed E-state index contributed by atoms with van der Waals surface area (Å²) in [7, 11) is 0. The second kappa shape index (κ2) is 7.90. The van der Waals surface area contributed by atoms with Gasteiger partial charge in [0.15, 0.2) is 12.4 Å². The van der Waals surface area contributed by atoms with Gasteiger partial charge >= 0.3 is 5.97 Å². The van der Waals surface area contributed by atoms with Crippen molar-refractivity contribution in [2.75, 3.05) is 6.61 Å². The van der Waals surface area contributed by atoms with Gasteiger partial charge in [-0.3, -0.25) is 0 Å². The summed E-state index contributed by atoms with van der Waals surface area (Å²) in [6, 6.07) is 20.7. The molecule has 0 saturated carbocycles. The van der Waals surface area contributed by atoms with Crippen LogP contribution in [0.15, 0.2) is 72.8 Å². The van der Waals surface area contributed by atoms with Crippen molar-refractivity contribution in [3.05, 3.63) is 83.9 Å². The van der Waals surface area contributed by atoms with Gasteiger partial charge in [-0.2, -0.15) is 0 Å². The van der Waals surface area contributed by atoms with Gasteiger partial charge in [-0.1, -0.05) is 67.2 Å². The highest BCUT2D eigenvalue weighted by atomic mass is 16.7. The van der Waals surface area contributed by atoms with Gasteiger partial charge in [0.2, 0.25) is 0 Å². The third-order valence-electron chi connectivity index (χ3n) is 5.64. The quantitative estimate of drug-likeness (QED) is 0.561. The molecule has 2 aromatic carbocycles. The minimum absolute atomic E-state index is 0.0252. The van der Waals surface area contributed by atoms with Crippen molar-refractivity contribution in [2.45, 2.75) is 44.7 Å². The zero-order valence-electron chi connectivity index (χ0n) is 16.2. The lowest BCUT2D eigenvalue weighted by molar-refractivity contribution is -0.222. The van der Waals surface area contributed by atoms with Crippen molar-refractivity contribution < 1.29 is 19.0 Å². The normalized spacial score (nSPS) is 25.2. The molecule has 0 amide bonds. The van der Waals surface area contributed by atoms with Gasteiger partial charge in [0, 0.05) is 11.0 Å². The number of carbonyl (C=O) groups is 1. The highest BCUT2D eigenvalue weighted by molar-refractivity contribution is 5.87. The number of carbonyl (C=O) groups excluding carboxylic acids is 1. The summed E-state index contributed by atoms with van der Waals surface area (Å²) in [4.78, 5) is 12.4. The largest absolute Gasteiger partial charge is 0.453 e. The Morgan fingerprint density at radius 1 is 1.07 bits per heavy atom. The molecule has 2 bridgehead atoms. The van der Waals surface area contributed by atoms with Crippen molar-refractivity contribution in [1.82, 2.24) is 0 Å². The third kappa shape index (κ3) is 3.89. The van der Waals surface area contributed by atoms with Crippen LogP contribution >= 0.6 is 0 Å². The smallest absolute Gasteiger partial charge is 0.333 e. The van der Waals surface area contributed by atoms with Crippen LogP contribution in [0.3, 0.4) is 0 Å². The van der Waals surface area contributed by atoms with E-state index in [-0.39, 0.29) is 11.5 Å². The summed E-state index contributed by atoms with van der Waals surface area (Å²) in [6.45, 7) is 5.95. The van der Waals surface area contributed by atoms with Crippen LogP contribution in [-0.4, -0.2) is 31.1 Å². The fourth-order valence-electron chi connectivity index (χ4n) is 4.40. The molecule has 0 aliphatic carbocycles. The highest BCUT2D eigenvalue weighted by Gasteiger charge is 2.55. The minimum Gasteiger partial charge on any atom is -0.453 e. The Balaban J connectivity index is 1.73. The predicted octanol–water partition coefficient (Wildman–Crippen LogP) is 4.09. The maximum atomic E-state index is 12.4. The Morgan fingerprint density at radius 2 is 1.64 bits per heavy atom. The van der Waals surface area contributed by atoms with Gasteiger partial charge in [-0.25, -0.2) is 4.79 Å². The highest BCUT2D eigenvalue weighted by Crippen LogP contribution is 2.47. The molecule has 0 unspecified atom stereocenters. The average Bonchev–Trinajstić information content (AvgIpc) is 3.09. The van der Waals surface area contributed by atoms with Crippen molar-refractivity contribution in [2.24, 2.45) is 5.41 Å². The van der Waals surface area contributed by atoms with E-state index >= 15 is 0 Å². The standard InChI is InChI=1S/C24H26O4/c1-17(2)22(25)28-21-23-26-16-20(27-23)15-24(21,13-18-9-5-3-6-10-18)14-19-11-7-4-8-12-19/h3-12,20-21,23H,1,13-16H2,2H3/t20-,21+,23+/m0/s1. The molecule has 2 aliphatic heterocycles. The molecule has 2 saturated heterocycles. The molecule has 4 nitrogen and oxygen atoms in total. The number of ether oxygens (including phenoxy) is 3. The average molecular weight is 378 g/mol. The zero-order valence-corrected chi connectivity index (χ0v) is 16.2. The number of esters is 1. The third-order valence-corrected chi connectivity index (χ3v) is 5.64. The first-order valence-electron chi connectivity index (χ1n) is 9.77. The van der Waals surface area contributed by atoms with Crippen LogP contribution in [0.25, 0.3) is 0 Å². The fraction of sp³-hybridized carbons (Fsp3) is 0.375. The van der Waals surface area contributed by atoms with E-state index < -0.39 is 18.4 Å². The molecule has 4 heteroatoms. The Bertz CT molecular complexity index is 789. The molecule has 2 aliphatic rings. The lowest BCUT2D eigenvalue weighted by atomic mass is 9.67. The molecular formula is C24H26O4. The van der Waals surface area contributed by atoms with Crippen LogP contribution in [0.1, 0.15) is 24.5 Å². The molecular weight excluding hydrogens is 352 g/mol. The first kappa shape index (κ1) is 18.9. The maximum Gasteiger partial charge on any atom is 0.333 e. The molecule has 0 spiro atoms. The SMILES string of the molecule is C=C(C)C(=O)O[C@@H]1[C@@H]2OC[C@H](CC1(Cc1ccccc1)Cc1ccccc1)O2. The topological polar surface area (TPSA) is 44.8 Å². The van der Waals surface area contributed by atoms with Crippen LogP contribution in [0.4, 0.5) is 0 Å². The number of fused-ring (bicyclic) bond motifs is 2. The molecule has 0 aromatic heterocycles. The fourth-order valence-corrected chi connectivity index (χ4v) is 4.40. The van der Waals surface area contributed by atoms with Gasteiger partial charge in [-0.15, -0.1) is 0 Å². The number of hydrogen-bond donors (Lipinski definition) is 0. The molecule has 2 heterocycles. The van der Waals surface area contributed by atoms with Crippen molar-refractivity contribution in [3.63, 3.8) is 0 Å². The van der Waals surface area contributed by atoms with Crippen LogP contribution < -0.4 is 0 Å². The van der Waals surface area contributed by atoms with Gasteiger partial charge in [0.1, 0.15) is 0 Å². The minimum atomic E-state index is -0.533. The molecule has 2 fully saturated rings. The summed E-state index contributed by atoms with van der Waals surface area (Å²) in [5, 5.41) is 0. The summed E-state index contributed by atoms with van der Waals surface area (Å²) >= 11 is 0. The summed E-state index contributed by atoms with van der Waals surface area (Å²) in [6.07, 6.45) is 1.36. The molecule has 0 radical (unpaired) electrons. The Morgan fingerprint density at radius 3 is 2.18 bits per heavy atom. The first-order chi connectivity index (χ1) is 13.6. The second-order valence-corrected chi connectivity index (χ2v) is 7.96. The van der Waals surface area contributed by atoms with Crippen molar-refractivity contribution >= 4 is 5.97 Å². The summed E-state index contributed by atoms with van der Waals surface area (Å²) < 4.78 is 17.8. The van der Waals surface area contributed by atoms with E-state index in [9.17, 15) is 4.79 Å². The van der Waals surface area contributed by atoms with E-state index in [1.165, 1.54) is 11.1 Å². The lowest BCUT2D eigenvalue weighted by Crippen LogP contribution is -2.53. The Kier molecular flexibility index (Phi) is 5.33. The van der Waals surface area contributed by atoms with E-state index in [1.54, 1.807) is 6.92 Å².